The van der Waals surface area contributed by atoms with Crippen LogP contribution in [0, 0.1) is 5.82 Å². The van der Waals surface area contributed by atoms with Crippen molar-refractivity contribution < 1.29 is 22.3 Å². The molecule has 2 aromatic rings. The van der Waals surface area contributed by atoms with Crippen LogP contribution in [0.5, 0.6) is 5.75 Å². The summed E-state index contributed by atoms with van der Waals surface area (Å²) in [6.45, 7) is 0. The Hall–Kier alpha value is -2.08. The molecule has 0 aromatic heterocycles. The molecule has 1 unspecified atom stereocenters. The van der Waals surface area contributed by atoms with Gasteiger partial charge in [0, 0.05) is 0 Å². The van der Waals surface area contributed by atoms with Crippen molar-refractivity contribution in [1.29, 1.82) is 0 Å². The van der Waals surface area contributed by atoms with Gasteiger partial charge in [0.25, 0.3) is 0 Å². The average molecular weight is 299 g/mol. The van der Waals surface area contributed by atoms with Gasteiger partial charge < -0.3 is 10.5 Å². The summed E-state index contributed by atoms with van der Waals surface area (Å²) in [6.07, 6.45) is -4.39. The Bertz CT molecular complexity index is 623. The van der Waals surface area contributed by atoms with E-state index in [1.165, 1.54) is 31.4 Å². The van der Waals surface area contributed by atoms with Gasteiger partial charge >= 0.3 is 6.18 Å². The molecule has 0 aliphatic carbocycles. The van der Waals surface area contributed by atoms with Crippen LogP contribution in [-0.4, -0.2) is 7.11 Å². The molecule has 0 bridgehead atoms. The largest absolute Gasteiger partial charge is 0.494 e. The Kier molecular flexibility index (Phi) is 4.18. The topological polar surface area (TPSA) is 35.2 Å². The van der Waals surface area contributed by atoms with E-state index in [1.54, 1.807) is 6.07 Å². The molecule has 2 nitrogen and oxygen atoms in total. The summed E-state index contributed by atoms with van der Waals surface area (Å²) in [5.41, 5.74) is 6.11. The van der Waals surface area contributed by atoms with Gasteiger partial charge in [-0.2, -0.15) is 13.2 Å². The normalized spacial score (nSPS) is 13.0. The Labute approximate surface area is 119 Å². The molecule has 0 aliphatic rings. The fraction of sp³-hybridized carbons (Fsp3) is 0.200. The highest BCUT2D eigenvalue weighted by Gasteiger charge is 2.30. The van der Waals surface area contributed by atoms with E-state index < -0.39 is 23.6 Å². The van der Waals surface area contributed by atoms with Gasteiger partial charge in [0.15, 0.2) is 11.6 Å². The molecular formula is C15H13F4NO. The van der Waals surface area contributed by atoms with E-state index in [-0.39, 0.29) is 5.75 Å². The quantitative estimate of drug-likeness (QED) is 0.872. The zero-order chi connectivity index (χ0) is 15.6. The number of nitrogens with two attached hydrogens (primary N) is 1. The van der Waals surface area contributed by atoms with E-state index in [9.17, 15) is 17.6 Å². The Morgan fingerprint density at radius 1 is 1.00 bits per heavy atom. The van der Waals surface area contributed by atoms with E-state index in [1.807, 2.05) is 0 Å². The third-order valence-electron chi connectivity index (χ3n) is 3.13. The fourth-order valence-corrected chi connectivity index (χ4v) is 1.95. The summed E-state index contributed by atoms with van der Waals surface area (Å²) < 4.78 is 55.9. The van der Waals surface area contributed by atoms with Gasteiger partial charge in [-0.25, -0.2) is 4.39 Å². The molecule has 0 amide bonds. The van der Waals surface area contributed by atoms with Crippen molar-refractivity contribution in [1.82, 2.24) is 0 Å². The average Bonchev–Trinajstić information content (AvgIpc) is 2.45. The fourth-order valence-electron chi connectivity index (χ4n) is 1.95. The first kappa shape index (κ1) is 15.3. The minimum atomic E-state index is -4.39. The summed E-state index contributed by atoms with van der Waals surface area (Å²) in [5, 5.41) is 0. The van der Waals surface area contributed by atoms with Crippen LogP contribution in [0.3, 0.4) is 0 Å². The van der Waals surface area contributed by atoms with Crippen LogP contribution >= 0.6 is 0 Å². The minimum absolute atomic E-state index is 0.0818. The van der Waals surface area contributed by atoms with Crippen molar-refractivity contribution in [3.05, 3.63) is 65.0 Å². The standard InChI is InChI=1S/C15H13F4NO/c1-21-13-7-4-10(8-12(13)16)14(20)9-2-5-11(6-3-9)15(17,18)19/h2-8,14H,20H2,1H3. The van der Waals surface area contributed by atoms with Gasteiger partial charge in [-0.05, 0) is 35.4 Å². The molecule has 0 heterocycles. The van der Waals surface area contributed by atoms with Crippen LogP contribution in [-0.2, 0) is 6.18 Å². The van der Waals surface area contributed by atoms with E-state index in [2.05, 4.69) is 0 Å². The van der Waals surface area contributed by atoms with Gasteiger partial charge in [0.2, 0.25) is 0 Å². The van der Waals surface area contributed by atoms with Crippen LogP contribution < -0.4 is 10.5 Å². The maximum absolute atomic E-state index is 13.6. The number of ether oxygens (including phenoxy) is 1. The highest BCUT2D eigenvalue weighted by Crippen LogP contribution is 2.31. The molecular weight excluding hydrogens is 286 g/mol. The van der Waals surface area contributed by atoms with Gasteiger partial charge in [0.1, 0.15) is 0 Å². The van der Waals surface area contributed by atoms with Crippen molar-refractivity contribution in [3.8, 4) is 5.75 Å². The highest BCUT2D eigenvalue weighted by atomic mass is 19.4. The van der Waals surface area contributed by atoms with Crippen molar-refractivity contribution >= 4 is 0 Å². The first-order valence-corrected chi connectivity index (χ1v) is 6.09. The molecule has 0 fully saturated rings. The Morgan fingerprint density at radius 2 is 1.57 bits per heavy atom. The van der Waals surface area contributed by atoms with Crippen LogP contribution in [0.4, 0.5) is 17.6 Å². The van der Waals surface area contributed by atoms with Gasteiger partial charge in [-0.1, -0.05) is 18.2 Å². The number of rotatable bonds is 3. The van der Waals surface area contributed by atoms with Crippen LogP contribution in [0.2, 0.25) is 0 Å². The van der Waals surface area contributed by atoms with Crippen molar-refractivity contribution in [2.45, 2.75) is 12.2 Å². The summed E-state index contributed by atoms with van der Waals surface area (Å²) in [4.78, 5) is 0. The van der Waals surface area contributed by atoms with Crippen LogP contribution in [0.15, 0.2) is 42.5 Å². The number of benzene rings is 2. The summed E-state index contributed by atoms with van der Waals surface area (Å²) in [7, 11) is 1.34. The lowest BCUT2D eigenvalue weighted by Gasteiger charge is -2.15. The lowest BCUT2D eigenvalue weighted by Crippen LogP contribution is -2.13. The second kappa shape index (κ2) is 5.73. The molecule has 0 saturated heterocycles. The van der Waals surface area contributed by atoms with Gasteiger partial charge in [-0.3, -0.25) is 0 Å². The number of alkyl halides is 3. The van der Waals surface area contributed by atoms with E-state index in [4.69, 9.17) is 10.5 Å². The first-order chi connectivity index (χ1) is 9.82. The third-order valence-corrected chi connectivity index (χ3v) is 3.13. The summed E-state index contributed by atoms with van der Waals surface area (Å²) in [5.74, 6) is -0.490. The number of methoxy groups -OCH3 is 1. The predicted octanol–water partition coefficient (Wildman–Crippen LogP) is 3.90. The molecule has 0 radical (unpaired) electrons. The lowest BCUT2D eigenvalue weighted by molar-refractivity contribution is -0.137. The molecule has 2 N–H and O–H groups in total. The smallest absolute Gasteiger partial charge is 0.416 e. The second-order valence-corrected chi connectivity index (χ2v) is 4.49. The first-order valence-electron chi connectivity index (χ1n) is 6.09. The molecule has 6 heteroatoms. The Morgan fingerprint density at radius 3 is 2.05 bits per heavy atom. The third kappa shape index (κ3) is 3.33. The van der Waals surface area contributed by atoms with Gasteiger partial charge in [-0.15, -0.1) is 0 Å². The van der Waals surface area contributed by atoms with Crippen LogP contribution in [0.25, 0.3) is 0 Å². The van der Waals surface area contributed by atoms with E-state index in [0.29, 0.717) is 11.1 Å². The van der Waals surface area contributed by atoms with E-state index >= 15 is 0 Å². The van der Waals surface area contributed by atoms with Gasteiger partial charge in [0.05, 0.1) is 18.7 Å². The molecule has 0 spiro atoms. The molecule has 0 saturated carbocycles. The Balaban J connectivity index is 2.27. The van der Waals surface area contributed by atoms with Crippen molar-refractivity contribution in [3.63, 3.8) is 0 Å². The lowest BCUT2D eigenvalue weighted by atomic mass is 9.98. The molecule has 2 rings (SSSR count). The van der Waals surface area contributed by atoms with Crippen molar-refractivity contribution in [2.24, 2.45) is 5.73 Å². The number of hydrogen-bond donors (Lipinski definition) is 1. The molecule has 1 atom stereocenters. The number of hydrogen-bond acceptors (Lipinski definition) is 2. The summed E-state index contributed by atoms with van der Waals surface area (Å²) in [6, 6.07) is 7.97. The molecule has 112 valence electrons. The van der Waals surface area contributed by atoms with E-state index in [0.717, 1.165) is 12.1 Å². The van der Waals surface area contributed by atoms with Crippen molar-refractivity contribution in [2.75, 3.05) is 7.11 Å². The van der Waals surface area contributed by atoms with Crippen LogP contribution in [0.1, 0.15) is 22.7 Å². The maximum atomic E-state index is 13.6. The zero-order valence-electron chi connectivity index (χ0n) is 11.1. The maximum Gasteiger partial charge on any atom is 0.416 e. The molecule has 21 heavy (non-hydrogen) atoms. The SMILES string of the molecule is COc1ccc(C(N)c2ccc(C(F)(F)F)cc2)cc1F. The molecule has 2 aromatic carbocycles. The zero-order valence-corrected chi connectivity index (χ0v) is 11.1. The number of halogens is 4. The second-order valence-electron chi connectivity index (χ2n) is 4.49. The predicted molar refractivity (Wildman–Crippen MR) is 70.4 cm³/mol. The minimum Gasteiger partial charge on any atom is -0.494 e. The monoisotopic (exact) mass is 299 g/mol. The molecule has 0 aliphatic heterocycles. The summed E-state index contributed by atoms with van der Waals surface area (Å²) >= 11 is 0. The highest BCUT2D eigenvalue weighted by molar-refractivity contribution is 5.37.